The average molecular weight is 297 g/mol. The summed E-state index contributed by atoms with van der Waals surface area (Å²) in [4.78, 5) is 11.3. The van der Waals surface area contributed by atoms with Gasteiger partial charge in [0.05, 0.1) is 4.92 Å². The molecule has 7 heteroatoms. The van der Waals surface area contributed by atoms with Gasteiger partial charge in [0.1, 0.15) is 5.30 Å². The molecule has 1 heterocycles. The molecule has 1 aromatic heterocycles. The monoisotopic (exact) mass is 297 g/mol. The second-order valence-corrected chi connectivity index (χ2v) is 7.52. The summed E-state index contributed by atoms with van der Waals surface area (Å²) in [5.74, 6) is 0. The van der Waals surface area contributed by atoms with E-state index in [0.29, 0.717) is 4.88 Å². The van der Waals surface area contributed by atoms with E-state index < -0.39 is 12.3 Å². The molecule has 1 aromatic carbocycles. The van der Waals surface area contributed by atoms with E-state index in [0.717, 1.165) is 16.9 Å². The fourth-order valence-electron chi connectivity index (χ4n) is 1.64. The molecule has 0 saturated heterocycles. The number of hydrogen-bond donors (Lipinski definition) is 0. The molecule has 0 aliphatic heterocycles. The van der Waals surface area contributed by atoms with Crippen molar-refractivity contribution < 1.29 is 14.0 Å². The van der Waals surface area contributed by atoms with Crippen molar-refractivity contribution in [2.75, 3.05) is 13.8 Å². The molecule has 19 heavy (non-hydrogen) atoms. The maximum atomic E-state index is 12.2. The Labute approximate surface area is 114 Å². The van der Waals surface area contributed by atoms with Crippen molar-refractivity contribution in [3.05, 3.63) is 46.5 Å². The highest BCUT2D eigenvalue weighted by Crippen LogP contribution is 2.47. The van der Waals surface area contributed by atoms with Gasteiger partial charge < -0.3 is 4.52 Å². The van der Waals surface area contributed by atoms with Crippen LogP contribution in [0.25, 0.3) is 10.4 Å². The summed E-state index contributed by atoms with van der Waals surface area (Å²) in [5, 5.41) is 11.1. The molecule has 100 valence electrons. The highest BCUT2D eigenvalue weighted by molar-refractivity contribution is 7.67. The molecule has 0 N–H and O–H groups in total. The molecule has 0 bridgehead atoms. The molecule has 0 saturated carbocycles. The predicted molar refractivity (Wildman–Crippen MR) is 76.6 cm³/mol. The summed E-state index contributed by atoms with van der Waals surface area (Å²) >= 11 is 1.01. The van der Waals surface area contributed by atoms with E-state index in [1.54, 1.807) is 6.07 Å². The zero-order chi connectivity index (χ0) is 14.0. The summed E-state index contributed by atoms with van der Waals surface area (Å²) in [5.41, 5.74) is 0.859. The van der Waals surface area contributed by atoms with Gasteiger partial charge in [-0.3, -0.25) is 14.7 Å². The zero-order valence-corrected chi connectivity index (χ0v) is 12.1. The average Bonchev–Trinajstić information content (AvgIpc) is 2.86. The van der Waals surface area contributed by atoms with Gasteiger partial charge in [0, 0.05) is 18.7 Å². The Kier molecular flexibility index (Phi) is 3.85. The first-order valence-corrected chi connectivity index (χ1v) is 8.32. The quantitative estimate of drug-likeness (QED) is 0.492. The summed E-state index contributed by atoms with van der Waals surface area (Å²) in [6.07, 6.45) is 0. The summed E-state index contributed by atoms with van der Waals surface area (Å²) < 4.78 is 17.2. The minimum Gasteiger partial charge on any atom is -0.329 e. The Balaban J connectivity index is 2.60. The Morgan fingerprint density at radius 2 is 1.95 bits per heavy atom. The van der Waals surface area contributed by atoms with E-state index in [1.807, 2.05) is 30.3 Å². The minimum absolute atomic E-state index is 0.119. The van der Waals surface area contributed by atoms with E-state index in [-0.39, 0.29) is 10.3 Å². The van der Waals surface area contributed by atoms with Crippen LogP contribution in [-0.4, -0.2) is 18.7 Å². The molecule has 5 nitrogen and oxygen atoms in total. The van der Waals surface area contributed by atoms with E-state index in [4.69, 9.17) is 4.52 Å². The van der Waals surface area contributed by atoms with Gasteiger partial charge in [-0.15, -0.1) is 0 Å². The summed E-state index contributed by atoms with van der Waals surface area (Å²) in [6.45, 7) is 1.39. The van der Waals surface area contributed by atoms with Crippen LogP contribution in [0.15, 0.2) is 36.4 Å². The minimum atomic E-state index is -3.15. The maximum absolute atomic E-state index is 12.2. The first-order chi connectivity index (χ1) is 8.95. The fraction of sp³-hybridized carbons (Fsp3) is 0.167. The molecule has 1 atom stereocenters. The Morgan fingerprint density at radius 1 is 1.32 bits per heavy atom. The van der Waals surface area contributed by atoms with Gasteiger partial charge in [-0.1, -0.05) is 41.7 Å². The number of rotatable bonds is 4. The van der Waals surface area contributed by atoms with Crippen LogP contribution in [0.3, 0.4) is 0 Å². The fourth-order valence-corrected chi connectivity index (χ4v) is 4.22. The number of nitro groups is 1. The van der Waals surface area contributed by atoms with Gasteiger partial charge in [-0.05, 0) is 11.6 Å². The Hall–Kier alpha value is -1.49. The highest BCUT2D eigenvalue weighted by Gasteiger charge is 2.31. The van der Waals surface area contributed by atoms with E-state index >= 15 is 0 Å². The maximum Gasteiger partial charge on any atom is 0.337 e. The molecule has 1 unspecified atom stereocenters. The van der Waals surface area contributed by atoms with Crippen molar-refractivity contribution in [3.63, 3.8) is 0 Å². The lowest BCUT2D eigenvalue weighted by Crippen LogP contribution is -2.07. The van der Waals surface area contributed by atoms with Crippen LogP contribution < -0.4 is 5.30 Å². The normalized spacial score (nSPS) is 14.0. The lowest BCUT2D eigenvalue weighted by Gasteiger charge is -2.07. The third-order valence-electron chi connectivity index (χ3n) is 2.70. The van der Waals surface area contributed by atoms with Crippen LogP contribution in [0.5, 0.6) is 0 Å². The molecule has 0 aliphatic rings. The topological polar surface area (TPSA) is 69.4 Å². The zero-order valence-electron chi connectivity index (χ0n) is 10.4. The molecular formula is C12H12NO4PS. The Bertz CT molecular complexity index is 653. The summed E-state index contributed by atoms with van der Waals surface area (Å²) in [6, 6.07) is 10.9. The standard InChI is InChI=1S/C12H12NO4PS/c1-17-18(2,16)10-8-11(19-12(10)13(14)15)9-6-4-3-5-7-9/h3-8H,1-2H3. The van der Waals surface area contributed by atoms with Gasteiger partial charge in [-0.2, -0.15) is 0 Å². The second kappa shape index (κ2) is 5.25. The van der Waals surface area contributed by atoms with Gasteiger partial charge >= 0.3 is 5.00 Å². The largest absolute Gasteiger partial charge is 0.337 e. The van der Waals surface area contributed by atoms with Gasteiger partial charge in [0.2, 0.25) is 7.37 Å². The van der Waals surface area contributed by atoms with Crippen LogP contribution in [0, 0.1) is 10.1 Å². The van der Waals surface area contributed by atoms with Crippen molar-refractivity contribution in [2.45, 2.75) is 0 Å². The van der Waals surface area contributed by atoms with Crippen LogP contribution in [0.1, 0.15) is 0 Å². The highest BCUT2D eigenvalue weighted by atomic mass is 32.1. The van der Waals surface area contributed by atoms with Crippen LogP contribution in [0.2, 0.25) is 0 Å². The third-order valence-corrected chi connectivity index (χ3v) is 5.90. The first kappa shape index (κ1) is 13.9. The first-order valence-electron chi connectivity index (χ1n) is 5.43. The molecule has 0 aliphatic carbocycles. The van der Waals surface area contributed by atoms with Crippen molar-refractivity contribution >= 4 is 29.0 Å². The van der Waals surface area contributed by atoms with Crippen molar-refractivity contribution in [1.29, 1.82) is 0 Å². The number of thiophene rings is 1. The molecule has 0 fully saturated rings. The van der Waals surface area contributed by atoms with E-state index in [9.17, 15) is 14.7 Å². The molecule has 2 rings (SSSR count). The molecule has 0 radical (unpaired) electrons. The predicted octanol–water partition coefficient (Wildman–Crippen LogP) is 3.50. The number of nitrogens with zero attached hydrogens (tertiary/aromatic N) is 1. The lowest BCUT2D eigenvalue weighted by molar-refractivity contribution is -0.379. The number of benzene rings is 1. The Morgan fingerprint density at radius 3 is 2.47 bits per heavy atom. The molecular weight excluding hydrogens is 285 g/mol. The molecule has 0 spiro atoms. The SMILES string of the molecule is COP(C)(=O)c1cc(-c2ccccc2)sc1[N+](=O)[O-]. The van der Waals surface area contributed by atoms with Crippen LogP contribution >= 0.6 is 18.7 Å². The summed E-state index contributed by atoms with van der Waals surface area (Å²) in [7, 11) is -1.85. The second-order valence-electron chi connectivity index (χ2n) is 3.95. The molecule has 0 amide bonds. The van der Waals surface area contributed by atoms with Crippen LogP contribution in [-0.2, 0) is 9.09 Å². The number of hydrogen-bond acceptors (Lipinski definition) is 5. The van der Waals surface area contributed by atoms with Crippen molar-refractivity contribution in [2.24, 2.45) is 0 Å². The van der Waals surface area contributed by atoms with Crippen molar-refractivity contribution in [1.82, 2.24) is 0 Å². The smallest absolute Gasteiger partial charge is 0.329 e. The van der Waals surface area contributed by atoms with Crippen LogP contribution in [0.4, 0.5) is 5.00 Å². The van der Waals surface area contributed by atoms with Gasteiger partial charge in [0.15, 0.2) is 0 Å². The lowest BCUT2D eigenvalue weighted by atomic mass is 10.2. The van der Waals surface area contributed by atoms with Gasteiger partial charge in [0.25, 0.3) is 0 Å². The van der Waals surface area contributed by atoms with Crippen molar-refractivity contribution in [3.8, 4) is 10.4 Å². The van der Waals surface area contributed by atoms with E-state index in [2.05, 4.69) is 0 Å². The molecule has 2 aromatic rings. The van der Waals surface area contributed by atoms with E-state index in [1.165, 1.54) is 13.8 Å². The van der Waals surface area contributed by atoms with Gasteiger partial charge in [-0.25, -0.2) is 0 Å². The third kappa shape index (κ3) is 2.76.